The summed E-state index contributed by atoms with van der Waals surface area (Å²) in [5.74, 6) is 0.480. The highest BCUT2D eigenvalue weighted by Gasteiger charge is 2.30. The van der Waals surface area contributed by atoms with Gasteiger partial charge in [-0.1, -0.05) is 19.1 Å². The third-order valence-corrected chi connectivity index (χ3v) is 3.69. The number of aliphatic hydroxyl groups excluding tert-OH is 1. The van der Waals surface area contributed by atoms with Gasteiger partial charge < -0.3 is 5.11 Å². The van der Waals surface area contributed by atoms with Crippen LogP contribution >= 0.6 is 0 Å². The maximum absolute atomic E-state index is 10.7. The van der Waals surface area contributed by atoms with E-state index in [1.54, 1.807) is 12.1 Å². The highest BCUT2D eigenvalue weighted by Crippen LogP contribution is 2.26. The molecule has 2 rings (SSSR count). The molecule has 1 aromatic carbocycles. The predicted octanol–water partition coefficient (Wildman–Crippen LogP) is 1.80. The van der Waals surface area contributed by atoms with Crippen LogP contribution in [0, 0.1) is 16.0 Å². The fourth-order valence-corrected chi connectivity index (χ4v) is 2.58. The van der Waals surface area contributed by atoms with Crippen molar-refractivity contribution in [2.45, 2.75) is 25.9 Å². The normalized spacial score (nSPS) is 24.3. The van der Waals surface area contributed by atoms with Gasteiger partial charge in [-0.3, -0.25) is 15.0 Å². The van der Waals surface area contributed by atoms with Crippen molar-refractivity contribution in [2.24, 2.45) is 5.92 Å². The summed E-state index contributed by atoms with van der Waals surface area (Å²) >= 11 is 0. The second-order valence-electron chi connectivity index (χ2n) is 4.91. The Labute approximate surface area is 106 Å². The van der Waals surface area contributed by atoms with Crippen molar-refractivity contribution in [3.8, 4) is 0 Å². The van der Waals surface area contributed by atoms with Crippen molar-refractivity contribution in [3.05, 3.63) is 39.9 Å². The molecule has 5 nitrogen and oxygen atoms in total. The molecule has 2 unspecified atom stereocenters. The number of aliphatic hydroxyl groups is 1. The van der Waals surface area contributed by atoms with Crippen LogP contribution < -0.4 is 0 Å². The van der Waals surface area contributed by atoms with Crippen molar-refractivity contribution in [2.75, 3.05) is 13.2 Å². The molecule has 1 aliphatic rings. The summed E-state index contributed by atoms with van der Waals surface area (Å²) in [5.41, 5.74) is 1.05. The molecule has 0 spiro atoms. The summed E-state index contributed by atoms with van der Waals surface area (Å²) in [6, 6.07) is 6.88. The molecule has 0 aliphatic carbocycles. The number of nitro groups is 1. The van der Waals surface area contributed by atoms with E-state index in [4.69, 9.17) is 0 Å². The second-order valence-corrected chi connectivity index (χ2v) is 4.91. The van der Waals surface area contributed by atoms with Gasteiger partial charge in [0.25, 0.3) is 5.69 Å². The van der Waals surface area contributed by atoms with Gasteiger partial charge in [-0.15, -0.1) is 0 Å². The van der Waals surface area contributed by atoms with E-state index < -0.39 is 0 Å². The minimum absolute atomic E-state index is 0.125. The summed E-state index contributed by atoms with van der Waals surface area (Å²) in [6.45, 7) is 3.89. The largest absolute Gasteiger partial charge is 0.395 e. The zero-order chi connectivity index (χ0) is 13.1. The van der Waals surface area contributed by atoms with Gasteiger partial charge in [0.1, 0.15) is 0 Å². The first-order valence-electron chi connectivity index (χ1n) is 6.20. The molecule has 2 atom stereocenters. The molecule has 0 amide bonds. The van der Waals surface area contributed by atoms with Gasteiger partial charge in [-0.05, 0) is 24.4 Å². The molecule has 0 radical (unpaired) electrons. The fourth-order valence-electron chi connectivity index (χ4n) is 2.58. The predicted molar refractivity (Wildman–Crippen MR) is 68.2 cm³/mol. The molecule has 98 valence electrons. The standard InChI is InChI=1S/C13H18N2O3/c1-10-5-6-14(13(10)9-16)8-11-3-2-4-12(7-11)15(17)18/h2-4,7,10,13,16H,5-6,8-9H2,1H3. The van der Waals surface area contributed by atoms with Gasteiger partial charge >= 0.3 is 0 Å². The second kappa shape index (κ2) is 5.46. The van der Waals surface area contributed by atoms with Gasteiger partial charge in [0.15, 0.2) is 0 Å². The molecular formula is C13H18N2O3. The van der Waals surface area contributed by atoms with Crippen LogP contribution in [0.2, 0.25) is 0 Å². The summed E-state index contributed by atoms with van der Waals surface area (Å²) in [6.07, 6.45) is 1.07. The molecule has 0 saturated carbocycles. The van der Waals surface area contributed by atoms with E-state index in [-0.39, 0.29) is 23.3 Å². The molecule has 1 N–H and O–H groups in total. The zero-order valence-corrected chi connectivity index (χ0v) is 10.5. The van der Waals surface area contributed by atoms with Gasteiger partial charge in [0, 0.05) is 24.7 Å². The lowest BCUT2D eigenvalue weighted by Gasteiger charge is -2.24. The van der Waals surface area contributed by atoms with Crippen molar-refractivity contribution in [1.82, 2.24) is 4.90 Å². The summed E-state index contributed by atoms with van der Waals surface area (Å²) in [4.78, 5) is 12.5. The fraction of sp³-hybridized carbons (Fsp3) is 0.538. The van der Waals surface area contributed by atoms with E-state index in [0.717, 1.165) is 18.5 Å². The average Bonchev–Trinajstić information content (AvgIpc) is 2.70. The Morgan fingerprint density at radius 2 is 2.33 bits per heavy atom. The monoisotopic (exact) mass is 250 g/mol. The van der Waals surface area contributed by atoms with Crippen LogP contribution in [0.3, 0.4) is 0 Å². The molecule has 1 aromatic rings. The Kier molecular flexibility index (Phi) is 3.93. The number of rotatable bonds is 4. The number of non-ortho nitro benzene ring substituents is 1. The number of hydrogen-bond acceptors (Lipinski definition) is 4. The third kappa shape index (κ3) is 2.68. The summed E-state index contributed by atoms with van der Waals surface area (Å²) in [7, 11) is 0. The van der Waals surface area contributed by atoms with E-state index in [1.165, 1.54) is 6.07 Å². The van der Waals surface area contributed by atoms with Gasteiger partial charge in [0.05, 0.1) is 11.5 Å². The van der Waals surface area contributed by atoms with Crippen molar-refractivity contribution >= 4 is 5.69 Å². The first-order chi connectivity index (χ1) is 8.61. The Morgan fingerprint density at radius 3 is 3.00 bits per heavy atom. The number of nitro benzene ring substituents is 1. The minimum atomic E-state index is -0.375. The topological polar surface area (TPSA) is 66.6 Å². The molecule has 0 aromatic heterocycles. The van der Waals surface area contributed by atoms with Gasteiger partial charge in [-0.2, -0.15) is 0 Å². The number of benzene rings is 1. The summed E-state index contributed by atoms with van der Waals surface area (Å²) in [5, 5.41) is 20.1. The van der Waals surface area contributed by atoms with Crippen LogP contribution in [0.15, 0.2) is 24.3 Å². The van der Waals surface area contributed by atoms with Crippen LogP contribution in [-0.2, 0) is 6.54 Å². The number of likely N-dealkylation sites (tertiary alicyclic amines) is 1. The molecule has 1 heterocycles. The Hall–Kier alpha value is -1.46. The van der Waals surface area contributed by atoms with E-state index >= 15 is 0 Å². The van der Waals surface area contributed by atoms with E-state index in [9.17, 15) is 15.2 Å². The molecule has 1 aliphatic heterocycles. The highest BCUT2D eigenvalue weighted by molar-refractivity contribution is 5.34. The van der Waals surface area contributed by atoms with Crippen LogP contribution in [0.4, 0.5) is 5.69 Å². The van der Waals surface area contributed by atoms with Gasteiger partial charge in [-0.25, -0.2) is 0 Å². The quantitative estimate of drug-likeness (QED) is 0.653. The Bertz CT molecular complexity index is 436. The molecular weight excluding hydrogens is 232 g/mol. The van der Waals surface area contributed by atoms with Crippen LogP contribution in [-0.4, -0.2) is 34.1 Å². The van der Waals surface area contributed by atoms with Gasteiger partial charge in [0.2, 0.25) is 0 Å². The number of nitrogens with zero attached hydrogens (tertiary/aromatic N) is 2. The van der Waals surface area contributed by atoms with Crippen LogP contribution in [0.25, 0.3) is 0 Å². The smallest absolute Gasteiger partial charge is 0.269 e. The summed E-state index contributed by atoms with van der Waals surface area (Å²) < 4.78 is 0. The van der Waals surface area contributed by atoms with Crippen LogP contribution in [0.1, 0.15) is 18.9 Å². The SMILES string of the molecule is CC1CCN(Cc2cccc([N+](=O)[O-])c2)C1CO. The molecule has 5 heteroatoms. The molecule has 0 bridgehead atoms. The molecule has 1 saturated heterocycles. The Morgan fingerprint density at radius 1 is 1.56 bits per heavy atom. The highest BCUT2D eigenvalue weighted by atomic mass is 16.6. The maximum Gasteiger partial charge on any atom is 0.269 e. The molecule has 1 fully saturated rings. The molecule has 18 heavy (non-hydrogen) atoms. The maximum atomic E-state index is 10.7. The first-order valence-corrected chi connectivity index (χ1v) is 6.20. The lowest BCUT2D eigenvalue weighted by atomic mass is 10.0. The third-order valence-electron chi connectivity index (χ3n) is 3.69. The first kappa shape index (κ1) is 13.0. The Balaban J connectivity index is 2.09. The van der Waals surface area contributed by atoms with E-state index in [2.05, 4.69) is 11.8 Å². The zero-order valence-electron chi connectivity index (χ0n) is 10.5. The number of hydrogen-bond donors (Lipinski definition) is 1. The van der Waals surface area contributed by atoms with E-state index in [0.29, 0.717) is 12.5 Å². The van der Waals surface area contributed by atoms with Crippen molar-refractivity contribution < 1.29 is 10.0 Å². The lowest BCUT2D eigenvalue weighted by Crippen LogP contribution is -2.34. The van der Waals surface area contributed by atoms with Crippen molar-refractivity contribution in [1.29, 1.82) is 0 Å². The van der Waals surface area contributed by atoms with Crippen LogP contribution in [0.5, 0.6) is 0 Å². The average molecular weight is 250 g/mol. The lowest BCUT2D eigenvalue weighted by molar-refractivity contribution is -0.384. The van der Waals surface area contributed by atoms with Crippen molar-refractivity contribution in [3.63, 3.8) is 0 Å². The van der Waals surface area contributed by atoms with E-state index in [1.807, 2.05) is 6.07 Å². The minimum Gasteiger partial charge on any atom is -0.395 e.